The van der Waals surface area contributed by atoms with Gasteiger partial charge in [-0.15, -0.1) is 11.3 Å². The molecule has 1 heterocycles. The number of hydrogen-bond acceptors (Lipinski definition) is 3. The SMILES string of the molecule is CCC(NCC(C)CC(C)O)c1ccc(Cl)s1. The van der Waals surface area contributed by atoms with Crippen LogP contribution in [0.1, 0.15) is 44.5 Å². The third-order valence-electron chi connectivity index (χ3n) is 2.80. The summed E-state index contributed by atoms with van der Waals surface area (Å²) in [5.41, 5.74) is 0. The van der Waals surface area contributed by atoms with E-state index in [-0.39, 0.29) is 6.10 Å². The van der Waals surface area contributed by atoms with Gasteiger partial charge in [0.25, 0.3) is 0 Å². The standard InChI is InChI=1S/C13H22ClNOS/c1-4-11(12-5-6-13(14)17-12)15-8-9(2)7-10(3)16/h5-6,9-11,15-16H,4,7-8H2,1-3H3. The molecule has 1 aromatic heterocycles. The molecule has 2 N–H and O–H groups in total. The highest BCUT2D eigenvalue weighted by Crippen LogP contribution is 2.28. The van der Waals surface area contributed by atoms with Gasteiger partial charge < -0.3 is 10.4 Å². The lowest BCUT2D eigenvalue weighted by atomic mass is 10.0. The second kappa shape index (κ2) is 7.37. The number of hydrogen-bond donors (Lipinski definition) is 2. The summed E-state index contributed by atoms with van der Waals surface area (Å²) in [6.07, 6.45) is 1.68. The van der Waals surface area contributed by atoms with E-state index in [1.54, 1.807) is 11.3 Å². The lowest BCUT2D eigenvalue weighted by Gasteiger charge is -2.19. The smallest absolute Gasteiger partial charge is 0.0931 e. The Balaban J connectivity index is 2.42. The first kappa shape index (κ1) is 15.0. The number of rotatable bonds is 7. The van der Waals surface area contributed by atoms with Crippen LogP contribution in [0.4, 0.5) is 0 Å². The van der Waals surface area contributed by atoms with Crippen LogP contribution in [0.2, 0.25) is 4.34 Å². The summed E-state index contributed by atoms with van der Waals surface area (Å²) in [7, 11) is 0. The monoisotopic (exact) mass is 275 g/mol. The normalized spacial score (nSPS) is 16.8. The van der Waals surface area contributed by atoms with Crippen LogP contribution < -0.4 is 5.32 Å². The van der Waals surface area contributed by atoms with Gasteiger partial charge in [0.05, 0.1) is 10.4 Å². The molecule has 0 aliphatic rings. The summed E-state index contributed by atoms with van der Waals surface area (Å²) in [4.78, 5) is 1.29. The van der Waals surface area contributed by atoms with Crippen molar-refractivity contribution in [1.29, 1.82) is 0 Å². The van der Waals surface area contributed by atoms with Gasteiger partial charge in [0, 0.05) is 10.9 Å². The van der Waals surface area contributed by atoms with Crippen molar-refractivity contribution in [3.8, 4) is 0 Å². The van der Waals surface area contributed by atoms with Gasteiger partial charge in [-0.05, 0) is 44.4 Å². The summed E-state index contributed by atoms with van der Waals surface area (Å²) in [5.74, 6) is 0.486. The van der Waals surface area contributed by atoms with E-state index in [4.69, 9.17) is 11.6 Å². The molecule has 0 saturated heterocycles. The molecule has 0 aliphatic carbocycles. The Kier molecular flexibility index (Phi) is 6.49. The number of aliphatic hydroxyl groups excluding tert-OH is 1. The third-order valence-corrected chi connectivity index (χ3v) is 4.15. The Bertz CT molecular complexity index is 327. The van der Waals surface area contributed by atoms with E-state index in [1.165, 1.54) is 4.88 Å². The van der Waals surface area contributed by atoms with Crippen LogP contribution in [0.5, 0.6) is 0 Å². The Morgan fingerprint density at radius 3 is 2.59 bits per heavy atom. The molecule has 0 bridgehead atoms. The maximum Gasteiger partial charge on any atom is 0.0931 e. The molecule has 0 saturated carbocycles. The lowest BCUT2D eigenvalue weighted by Crippen LogP contribution is -2.27. The molecule has 3 unspecified atom stereocenters. The zero-order valence-corrected chi connectivity index (χ0v) is 12.3. The number of aliphatic hydroxyl groups is 1. The molecule has 0 radical (unpaired) electrons. The van der Waals surface area contributed by atoms with E-state index in [1.807, 2.05) is 13.0 Å². The summed E-state index contributed by atoms with van der Waals surface area (Å²) in [6, 6.07) is 4.42. The van der Waals surface area contributed by atoms with E-state index >= 15 is 0 Å². The predicted molar refractivity (Wildman–Crippen MR) is 75.8 cm³/mol. The number of thiophene rings is 1. The van der Waals surface area contributed by atoms with Crippen molar-refractivity contribution in [3.05, 3.63) is 21.3 Å². The minimum Gasteiger partial charge on any atom is -0.393 e. The van der Waals surface area contributed by atoms with E-state index in [2.05, 4.69) is 25.2 Å². The molecule has 3 atom stereocenters. The van der Waals surface area contributed by atoms with Crippen LogP contribution in [-0.2, 0) is 0 Å². The number of halogens is 1. The van der Waals surface area contributed by atoms with E-state index in [0.29, 0.717) is 12.0 Å². The van der Waals surface area contributed by atoms with Crippen molar-refractivity contribution >= 4 is 22.9 Å². The Morgan fingerprint density at radius 2 is 2.12 bits per heavy atom. The maximum absolute atomic E-state index is 9.32. The van der Waals surface area contributed by atoms with Gasteiger partial charge in [0.2, 0.25) is 0 Å². The summed E-state index contributed by atoms with van der Waals surface area (Å²) >= 11 is 7.59. The Hall–Kier alpha value is -0.0900. The predicted octanol–water partition coefficient (Wildman–Crippen LogP) is 3.85. The molecule has 2 nitrogen and oxygen atoms in total. The molecule has 0 amide bonds. The molecule has 17 heavy (non-hydrogen) atoms. The first-order valence-electron chi connectivity index (χ1n) is 6.19. The van der Waals surface area contributed by atoms with Crippen LogP contribution in [0.15, 0.2) is 12.1 Å². The van der Waals surface area contributed by atoms with Gasteiger partial charge in [-0.25, -0.2) is 0 Å². The van der Waals surface area contributed by atoms with Gasteiger partial charge in [0.15, 0.2) is 0 Å². The maximum atomic E-state index is 9.32. The number of nitrogens with one attached hydrogen (secondary N) is 1. The summed E-state index contributed by atoms with van der Waals surface area (Å²) < 4.78 is 0.845. The van der Waals surface area contributed by atoms with E-state index in [0.717, 1.165) is 23.7 Å². The van der Waals surface area contributed by atoms with Crippen molar-refractivity contribution in [2.75, 3.05) is 6.54 Å². The summed E-state index contributed by atoms with van der Waals surface area (Å²) in [6.45, 7) is 7.10. The van der Waals surface area contributed by atoms with Gasteiger partial charge >= 0.3 is 0 Å². The molecule has 1 aromatic rings. The second-order valence-corrected chi connectivity index (χ2v) is 6.45. The van der Waals surface area contributed by atoms with Crippen LogP contribution in [0.3, 0.4) is 0 Å². The van der Waals surface area contributed by atoms with Crippen LogP contribution >= 0.6 is 22.9 Å². The zero-order valence-electron chi connectivity index (χ0n) is 10.7. The minimum atomic E-state index is -0.219. The van der Waals surface area contributed by atoms with Crippen molar-refractivity contribution in [3.63, 3.8) is 0 Å². The Labute approximate surface area is 113 Å². The van der Waals surface area contributed by atoms with Crippen LogP contribution in [-0.4, -0.2) is 17.8 Å². The van der Waals surface area contributed by atoms with Gasteiger partial charge in [-0.2, -0.15) is 0 Å². The van der Waals surface area contributed by atoms with Gasteiger partial charge in [-0.3, -0.25) is 0 Å². The molecular formula is C13H22ClNOS. The third kappa shape index (κ3) is 5.38. The van der Waals surface area contributed by atoms with Crippen LogP contribution in [0.25, 0.3) is 0 Å². The van der Waals surface area contributed by atoms with E-state index in [9.17, 15) is 5.11 Å². The zero-order chi connectivity index (χ0) is 12.8. The van der Waals surface area contributed by atoms with Crippen LogP contribution in [0, 0.1) is 5.92 Å². The topological polar surface area (TPSA) is 32.3 Å². The molecule has 1 rings (SSSR count). The first-order valence-corrected chi connectivity index (χ1v) is 7.39. The largest absolute Gasteiger partial charge is 0.393 e. The van der Waals surface area contributed by atoms with Crippen molar-refractivity contribution in [2.45, 2.75) is 45.8 Å². The van der Waals surface area contributed by atoms with Crippen molar-refractivity contribution in [1.82, 2.24) is 5.32 Å². The average Bonchev–Trinajstić information content (AvgIpc) is 2.65. The van der Waals surface area contributed by atoms with Gasteiger partial charge in [0.1, 0.15) is 0 Å². The van der Waals surface area contributed by atoms with E-state index < -0.39 is 0 Å². The Morgan fingerprint density at radius 1 is 1.41 bits per heavy atom. The highest BCUT2D eigenvalue weighted by Gasteiger charge is 2.13. The highest BCUT2D eigenvalue weighted by molar-refractivity contribution is 7.16. The fraction of sp³-hybridized carbons (Fsp3) is 0.692. The quantitative estimate of drug-likeness (QED) is 0.792. The molecule has 0 spiro atoms. The fourth-order valence-corrected chi connectivity index (χ4v) is 3.19. The van der Waals surface area contributed by atoms with Crippen molar-refractivity contribution < 1.29 is 5.11 Å². The first-order chi connectivity index (χ1) is 8.02. The lowest BCUT2D eigenvalue weighted by molar-refractivity contribution is 0.162. The summed E-state index contributed by atoms with van der Waals surface area (Å²) in [5, 5.41) is 12.9. The molecule has 0 aromatic carbocycles. The molecule has 0 fully saturated rings. The van der Waals surface area contributed by atoms with Gasteiger partial charge in [-0.1, -0.05) is 25.4 Å². The van der Waals surface area contributed by atoms with Crippen molar-refractivity contribution in [2.24, 2.45) is 5.92 Å². The molecule has 98 valence electrons. The molecule has 0 aliphatic heterocycles. The minimum absolute atomic E-state index is 0.219. The molecule has 4 heteroatoms. The highest BCUT2D eigenvalue weighted by atomic mass is 35.5. The fourth-order valence-electron chi connectivity index (χ4n) is 1.97. The average molecular weight is 276 g/mol. The second-order valence-electron chi connectivity index (χ2n) is 4.70. The molecular weight excluding hydrogens is 254 g/mol.